The number of benzene rings is 2. The van der Waals surface area contributed by atoms with E-state index in [4.69, 9.17) is 9.68 Å². The Balaban J connectivity index is 1.66. The number of fused-ring (bicyclic) bond motifs is 4. The summed E-state index contributed by atoms with van der Waals surface area (Å²) in [6.45, 7) is 2.15. The molecule has 5 heteroatoms. The van der Waals surface area contributed by atoms with Crippen LogP contribution in [-0.4, -0.2) is 26.2 Å². The van der Waals surface area contributed by atoms with Crippen molar-refractivity contribution in [2.45, 2.75) is 18.9 Å². The van der Waals surface area contributed by atoms with E-state index in [0.717, 1.165) is 29.6 Å². The lowest BCUT2D eigenvalue weighted by molar-refractivity contribution is 0.623. The molecule has 2 aliphatic rings. The van der Waals surface area contributed by atoms with E-state index in [1.54, 1.807) is 18.2 Å². The predicted octanol–water partition coefficient (Wildman–Crippen LogP) is 4.26. The molecule has 0 spiro atoms. The van der Waals surface area contributed by atoms with Gasteiger partial charge in [-0.2, -0.15) is 10.5 Å². The molecule has 0 saturated carbocycles. The van der Waals surface area contributed by atoms with Crippen molar-refractivity contribution in [2.24, 2.45) is 0 Å². The molecule has 3 heterocycles. The highest BCUT2D eigenvalue weighted by Crippen LogP contribution is 2.43. The van der Waals surface area contributed by atoms with Crippen molar-refractivity contribution in [3.63, 3.8) is 0 Å². The number of likely N-dealkylation sites (N-methyl/N-ethyl adjacent to an activating group) is 1. The third-order valence-electron chi connectivity index (χ3n) is 5.73. The van der Waals surface area contributed by atoms with Gasteiger partial charge in [0.2, 0.25) is 0 Å². The summed E-state index contributed by atoms with van der Waals surface area (Å²) < 4.78 is 6.14. The molecule has 1 unspecified atom stereocenters. The summed E-state index contributed by atoms with van der Waals surface area (Å²) >= 11 is 0. The van der Waals surface area contributed by atoms with Gasteiger partial charge in [-0.3, -0.25) is 0 Å². The molecule has 1 aromatic heterocycles. The monoisotopic (exact) mass is 354 g/mol. The van der Waals surface area contributed by atoms with E-state index in [1.165, 1.54) is 24.2 Å². The zero-order valence-corrected chi connectivity index (χ0v) is 15.1. The van der Waals surface area contributed by atoms with Gasteiger partial charge < -0.3 is 14.2 Å². The zero-order valence-electron chi connectivity index (χ0n) is 15.1. The third kappa shape index (κ3) is 2.36. The summed E-state index contributed by atoms with van der Waals surface area (Å²) in [6, 6.07) is 16.3. The van der Waals surface area contributed by atoms with Gasteiger partial charge in [0.25, 0.3) is 0 Å². The Kier molecular flexibility index (Phi) is 3.39. The van der Waals surface area contributed by atoms with E-state index in [1.807, 2.05) is 6.07 Å². The van der Waals surface area contributed by atoms with Crippen LogP contribution in [0.5, 0.6) is 0 Å². The lowest BCUT2D eigenvalue weighted by atomic mass is 10.0. The second-order valence-corrected chi connectivity index (χ2v) is 7.34. The molecule has 1 saturated heterocycles. The van der Waals surface area contributed by atoms with E-state index < -0.39 is 0 Å². The topological polar surface area (TPSA) is 67.2 Å². The molecule has 0 bridgehead atoms. The second kappa shape index (κ2) is 5.79. The normalized spacial score (nSPS) is 18.1. The Morgan fingerprint density at radius 1 is 1.07 bits per heavy atom. The molecule has 5 nitrogen and oxygen atoms in total. The molecular formula is C22H18N4O. The fourth-order valence-corrected chi connectivity index (χ4v) is 4.41. The van der Waals surface area contributed by atoms with Crippen LogP contribution in [0.1, 0.15) is 24.0 Å². The quantitative estimate of drug-likeness (QED) is 0.653. The predicted molar refractivity (Wildman–Crippen MR) is 105 cm³/mol. The van der Waals surface area contributed by atoms with Crippen LogP contribution in [0.3, 0.4) is 0 Å². The molecule has 5 rings (SSSR count). The third-order valence-corrected chi connectivity index (χ3v) is 5.73. The van der Waals surface area contributed by atoms with Gasteiger partial charge in [-0.25, -0.2) is 0 Å². The smallest absolute Gasteiger partial charge is 0.137 e. The summed E-state index contributed by atoms with van der Waals surface area (Å²) in [5.41, 5.74) is 4.95. The molecule has 0 amide bonds. The second-order valence-electron chi connectivity index (χ2n) is 7.34. The number of hydrogen-bond acceptors (Lipinski definition) is 5. The van der Waals surface area contributed by atoms with E-state index in [-0.39, 0.29) is 0 Å². The maximum Gasteiger partial charge on any atom is 0.137 e. The van der Waals surface area contributed by atoms with Crippen LogP contribution in [0.15, 0.2) is 40.8 Å². The van der Waals surface area contributed by atoms with Gasteiger partial charge >= 0.3 is 0 Å². The molecule has 0 aliphatic carbocycles. The van der Waals surface area contributed by atoms with Crippen molar-refractivity contribution >= 4 is 22.3 Å². The maximum atomic E-state index is 9.47. The van der Waals surface area contributed by atoms with E-state index in [2.05, 4.69) is 41.1 Å². The van der Waals surface area contributed by atoms with Gasteiger partial charge in [0.15, 0.2) is 0 Å². The molecule has 2 aliphatic heterocycles. The lowest BCUT2D eigenvalue weighted by Crippen LogP contribution is -2.44. The van der Waals surface area contributed by atoms with Gasteiger partial charge in [0.1, 0.15) is 11.3 Å². The Morgan fingerprint density at radius 3 is 2.78 bits per heavy atom. The molecule has 132 valence electrons. The van der Waals surface area contributed by atoms with Crippen LogP contribution in [0.4, 0.5) is 11.4 Å². The number of anilines is 2. The summed E-state index contributed by atoms with van der Waals surface area (Å²) in [4.78, 5) is 4.83. The molecule has 27 heavy (non-hydrogen) atoms. The van der Waals surface area contributed by atoms with Crippen molar-refractivity contribution < 1.29 is 4.42 Å². The van der Waals surface area contributed by atoms with Crippen molar-refractivity contribution in [2.75, 3.05) is 29.9 Å². The largest absolute Gasteiger partial charge is 0.456 e. The summed E-state index contributed by atoms with van der Waals surface area (Å²) in [6.07, 6.45) is 2.47. The van der Waals surface area contributed by atoms with E-state index in [0.29, 0.717) is 22.9 Å². The fourth-order valence-electron chi connectivity index (χ4n) is 4.41. The Morgan fingerprint density at radius 2 is 1.96 bits per heavy atom. The van der Waals surface area contributed by atoms with Crippen molar-refractivity contribution in [1.29, 1.82) is 10.5 Å². The SMILES string of the molecule is CN1CC2CCCN2c2cc3oc(-c4ccc(C#N)cc4C#N)cc3cc21. The number of nitrogens with zero attached hydrogens (tertiary/aromatic N) is 4. The highest BCUT2D eigenvalue weighted by atomic mass is 16.3. The summed E-state index contributed by atoms with van der Waals surface area (Å²) in [5, 5.41) is 19.6. The molecule has 0 N–H and O–H groups in total. The van der Waals surface area contributed by atoms with Gasteiger partial charge in [-0.05, 0) is 43.2 Å². The Hall–Kier alpha value is -3.44. The molecular weight excluding hydrogens is 336 g/mol. The van der Waals surface area contributed by atoms with Gasteiger partial charge in [0.05, 0.1) is 34.6 Å². The lowest BCUT2D eigenvalue weighted by Gasteiger charge is -2.39. The van der Waals surface area contributed by atoms with Crippen LogP contribution in [0, 0.1) is 22.7 Å². The van der Waals surface area contributed by atoms with Crippen LogP contribution >= 0.6 is 0 Å². The van der Waals surface area contributed by atoms with Gasteiger partial charge in [0, 0.05) is 43.2 Å². The first-order valence-corrected chi connectivity index (χ1v) is 9.18. The Labute approximate surface area is 157 Å². The minimum atomic E-state index is 0.453. The maximum absolute atomic E-state index is 9.47. The van der Waals surface area contributed by atoms with Crippen LogP contribution in [0.25, 0.3) is 22.3 Å². The number of hydrogen-bond donors (Lipinski definition) is 0. The average Bonchev–Trinajstić information content (AvgIpc) is 3.32. The summed E-state index contributed by atoms with van der Waals surface area (Å²) in [7, 11) is 2.15. The highest BCUT2D eigenvalue weighted by Gasteiger charge is 2.33. The first-order chi connectivity index (χ1) is 13.2. The first kappa shape index (κ1) is 15.8. The number of nitriles is 2. The first-order valence-electron chi connectivity index (χ1n) is 9.18. The number of rotatable bonds is 1. The zero-order chi connectivity index (χ0) is 18.5. The highest BCUT2D eigenvalue weighted by molar-refractivity contribution is 5.93. The van der Waals surface area contributed by atoms with Gasteiger partial charge in [-0.1, -0.05) is 0 Å². The number of furan rings is 1. The molecule has 1 atom stereocenters. The molecule has 3 aromatic rings. The minimum absolute atomic E-state index is 0.453. The molecule has 1 fully saturated rings. The van der Waals surface area contributed by atoms with E-state index in [9.17, 15) is 5.26 Å². The molecule has 2 aromatic carbocycles. The fraction of sp³-hybridized carbons (Fsp3) is 0.273. The summed E-state index contributed by atoms with van der Waals surface area (Å²) in [5.74, 6) is 0.661. The Bertz CT molecular complexity index is 1150. The van der Waals surface area contributed by atoms with Crippen LogP contribution < -0.4 is 9.80 Å². The standard InChI is InChI=1S/C22H18N4O/c1-25-13-17-3-2-6-26(17)20-10-21-15(8-19(20)25)9-22(27-21)18-5-4-14(11-23)7-16(18)12-24/h4-5,7-10,17H,2-3,6,13H2,1H3. The van der Waals surface area contributed by atoms with Crippen LogP contribution in [0.2, 0.25) is 0 Å². The van der Waals surface area contributed by atoms with E-state index >= 15 is 0 Å². The van der Waals surface area contributed by atoms with Crippen LogP contribution in [-0.2, 0) is 0 Å². The average molecular weight is 354 g/mol. The molecule has 0 radical (unpaired) electrons. The van der Waals surface area contributed by atoms with Gasteiger partial charge in [-0.15, -0.1) is 0 Å². The van der Waals surface area contributed by atoms with Crippen molar-refractivity contribution in [1.82, 2.24) is 0 Å². The van der Waals surface area contributed by atoms with Crippen molar-refractivity contribution in [3.05, 3.63) is 47.5 Å². The van der Waals surface area contributed by atoms with Crippen molar-refractivity contribution in [3.8, 4) is 23.5 Å². The minimum Gasteiger partial charge on any atom is -0.456 e.